The molecule has 2 aromatic carbocycles. The van der Waals surface area contributed by atoms with Crippen molar-refractivity contribution >= 4 is 11.6 Å². The van der Waals surface area contributed by atoms with Gasteiger partial charge in [0.2, 0.25) is 0 Å². The Hall–Kier alpha value is -2.94. The average molecular weight is 278 g/mol. The van der Waals surface area contributed by atoms with Crippen molar-refractivity contribution in [2.45, 2.75) is 0 Å². The second-order valence-corrected chi connectivity index (χ2v) is 4.20. The van der Waals surface area contributed by atoms with Crippen LogP contribution in [0.1, 0.15) is 20.7 Å². The third-order valence-electron chi connectivity index (χ3n) is 2.71. The van der Waals surface area contributed by atoms with Crippen LogP contribution in [0, 0.1) is 0 Å². The molecule has 0 aromatic heterocycles. The van der Waals surface area contributed by atoms with Crippen LogP contribution in [0.25, 0.3) is 0 Å². The number of allylic oxidation sites excluding steroid dienone is 2. The lowest BCUT2D eigenvalue weighted by molar-refractivity contribution is 0.103. The minimum absolute atomic E-state index is 0.154. The summed E-state index contributed by atoms with van der Waals surface area (Å²) >= 11 is 0. The number of carbonyl (C=O) groups excluding carboxylic acids is 2. The molecule has 104 valence electrons. The van der Waals surface area contributed by atoms with E-state index in [2.05, 4.69) is 0 Å². The van der Waals surface area contributed by atoms with E-state index in [9.17, 15) is 9.59 Å². The van der Waals surface area contributed by atoms with Gasteiger partial charge in [-0.3, -0.25) is 9.59 Å². The van der Waals surface area contributed by atoms with E-state index in [0.717, 1.165) is 0 Å². The van der Waals surface area contributed by atoms with Crippen molar-refractivity contribution in [1.29, 1.82) is 0 Å². The summed E-state index contributed by atoms with van der Waals surface area (Å²) in [6.07, 6.45) is 5.13. The first-order valence-corrected chi connectivity index (χ1v) is 6.45. The molecule has 0 unspecified atom stereocenters. The van der Waals surface area contributed by atoms with E-state index in [0.29, 0.717) is 11.1 Å². The topological polar surface area (TPSA) is 43.4 Å². The number of benzene rings is 2. The Morgan fingerprint density at radius 3 is 1.43 bits per heavy atom. The summed E-state index contributed by atoms with van der Waals surface area (Å²) in [6.45, 7) is 0. The molecule has 2 aromatic rings. The normalized spacial score (nSPS) is 10.9. The van der Waals surface area contributed by atoms with Gasteiger partial charge in [-0.1, -0.05) is 60.7 Å². The summed E-state index contributed by atoms with van der Waals surface area (Å²) in [5.74, 6) is -0.309. The molecule has 3 nitrogen and oxygen atoms in total. The van der Waals surface area contributed by atoms with Gasteiger partial charge in [-0.25, -0.2) is 0 Å². The predicted molar refractivity (Wildman–Crippen MR) is 80.9 cm³/mol. The quantitative estimate of drug-likeness (QED) is 0.458. The highest BCUT2D eigenvalue weighted by Crippen LogP contribution is 2.02. The maximum Gasteiger partial charge on any atom is 0.188 e. The van der Waals surface area contributed by atoms with Crippen LogP contribution in [-0.2, 0) is 4.74 Å². The van der Waals surface area contributed by atoms with Crippen LogP contribution in [0.4, 0.5) is 0 Å². The average Bonchev–Trinajstić information content (AvgIpc) is 2.55. The Labute approximate surface area is 123 Å². The standard InChI is InChI=1S/C18H14O3/c19-17(15-7-3-1-4-8-15)11-13-21-14-12-18(20)16-9-5-2-6-10-16/h1-14H/b13-11-,14-12-. The van der Waals surface area contributed by atoms with Gasteiger partial charge in [0.25, 0.3) is 0 Å². The molecule has 0 heterocycles. The molecule has 2 rings (SSSR count). The molecular formula is C18H14O3. The molecule has 0 spiro atoms. The molecular weight excluding hydrogens is 264 g/mol. The van der Waals surface area contributed by atoms with Crippen molar-refractivity contribution in [1.82, 2.24) is 0 Å². The summed E-state index contributed by atoms with van der Waals surface area (Å²) in [5, 5.41) is 0. The van der Waals surface area contributed by atoms with Crippen LogP contribution in [0.5, 0.6) is 0 Å². The lowest BCUT2D eigenvalue weighted by atomic mass is 10.1. The van der Waals surface area contributed by atoms with Gasteiger partial charge < -0.3 is 4.74 Å². The van der Waals surface area contributed by atoms with Crippen molar-refractivity contribution in [3.05, 3.63) is 96.5 Å². The van der Waals surface area contributed by atoms with E-state index < -0.39 is 0 Å². The van der Waals surface area contributed by atoms with Gasteiger partial charge in [-0.15, -0.1) is 0 Å². The smallest absolute Gasteiger partial charge is 0.188 e. The van der Waals surface area contributed by atoms with E-state index in [1.165, 1.54) is 24.7 Å². The van der Waals surface area contributed by atoms with Gasteiger partial charge in [-0.2, -0.15) is 0 Å². The first-order valence-electron chi connectivity index (χ1n) is 6.45. The Morgan fingerprint density at radius 2 is 1.05 bits per heavy atom. The van der Waals surface area contributed by atoms with Crippen molar-refractivity contribution in [2.75, 3.05) is 0 Å². The lowest BCUT2D eigenvalue weighted by Gasteiger charge is -1.95. The zero-order chi connectivity index (χ0) is 14.9. The van der Waals surface area contributed by atoms with Gasteiger partial charge >= 0.3 is 0 Å². The molecule has 0 atom stereocenters. The summed E-state index contributed by atoms with van der Waals surface area (Å²) in [4.78, 5) is 23.4. The van der Waals surface area contributed by atoms with Crippen LogP contribution in [0.15, 0.2) is 85.3 Å². The number of rotatable bonds is 6. The molecule has 0 fully saturated rings. The zero-order valence-electron chi connectivity index (χ0n) is 11.3. The number of ether oxygens (including phenoxy) is 1. The summed E-state index contributed by atoms with van der Waals surface area (Å²) in [5.41, 5.74) is 1.17. The maximum atomic E-state index is 11.7. The largest absolute Gasteiger partial charge is 0.472 e. The second kappa shape index (κ2) is 7.60. The molecule has 0 bridgehead atoms. The Bertz CT molecular complexity index is 596. The zero-order valence-corrected chi connectivity index (χ0v) is 11.3. The monoisotopic (exact) mass is 278 g/mol. The minimum atomic E-state index is -0.154. The van der Waals surface area contributed by atoms with Crippen molar-refractivity contribution in [2.24, 2.45) is 0 Å². The highest BCUT2D eigenvalue weighted by atomic mass is 16.5. The molecule has 0 N–H and O–H groups in total. The van der Waals surface area contributed by atoms with Crippen LogP contribution < -0.4 is 0 Å². The molecule has 0 aliphatic rings. The molecule has 0 aliphatic carbocycles. The highest BCUT2D eigenvalue weighted by Gasteiger charge is 2.00. The molecule has 0 saturated carbocycles. The first-order chi connectivity index (χ1) is 10.3. The van der Waals surface area contributed by atoms with Gasteiger partial charge in [-0.05, 0) is 0 Å². The first kappa shape index (κ1) is 14.5. The van der Waals surface area contributed by atoms with Crippen LogP contribution >= 0.6 is 0 Å². The van der Waals surface area contributed by atoms with E-state index in [-0.39, 0.29) is 11.6 Å². The molecule has 3 heteroatoms. The Kier molecular flexibility index (Phi) is 5.24. The fourth-order valence-electron chi connectivity index (χ4n) is 1.64. The molecule has 0 aliphatic heterocycles. The van der Waals surface area contributed by atoms with Gasteiger partial charge in [0.15, 0.2) is 11.6 Å². The minimum Gasteiger partial charge on any atom is -0.472 e. The number of hydrogen-bond donors (Lipinski definition) is 0. The van der Waals surface area contributed by atoms with Crippen molar-refractivity contribution < 1.29 is 14.3 Å². The molecule has 0 amide bonds. The maximum absolute atomic E-state index is 11.7. The number of hydrogen-bond acceptors (Lipinski definition) is 3. The van der Waals surface area contributed by atoms with Crippen LogP contribution in [0.2, 0.25) is 0 Å². The summed E-state index contributed by atoms with van der Waals surface area (Å²) in [7, 11) is 0. The molecule has 21 heavy (non-hydrogen) atoms. The fourth-order valence-corrected chi connectivity index (χ4v) is 1.64. The van der Waals surface area contributed by atoms with Gasteiger partial charge in [0.05, 0.1) is 12.5 Å². The summed E-state index contributed by atoms with van der Waals surface area (Å²) in [6, 6.07) is 17.7. The van der Waals surface area contributed by atoms with E-state index in [4.69, 9.17) is 4.74 Å². The Morgan fingerprint density at radius 1 is 0.667 bits per heavy atom. The van der Waals surface area contributed by atoms with Crippen molar-refractivity contribution in [3.8, 4) is 0 Å². The summed E-state index contributed by atoms with van der Waals surface area (Å²) < 4.78 is 5.02. The predicted octanol–water partition coefficient (Wildman–Crippen LogP) is 3.80. The number of ketones is 2. The second-order valence-electron chi connectivity index (χ2n) is 4.20. The van der Waals surface area contributed by atoms with Crippen LogP contribution in [-0.4, -0.2) is 11.6 Å². The van der Waals surface area contributed by atoms with Gasteiger partial charge in [0, 0.05) is 23.3 Å². The van der Waals surface area contributed by atoms with Crippen LogP contribution in [0.3, 0.4) is 0 Å². The molecule has 0 radical (unpaired) electrons. The van der Waals surface area contributed by atoms with E-state index in [1.807, 2.05) is 12.1 Å². The van der Waals surface area contributed by atoms with E-state index in [1.54, 1.807) is 48.5 Å². The number of carbonyl (C=O) groups is 2. The third-order valence-corrected chi connectivity index (χ3v) is 2.71. The van der Waals surface area contributed by atoms with Crippen molar-refractivity contribution in [3.63, 3.8) is 0 Å². The highest BCUT2D eigenvalue weighted by molar-refractivity contribution is 6.04. The van der Waals surface area contributed by atoms with E-state index >= 15 is 0 Å². The molecule has 0 saturated heterocycles. The Balaban J connectivity index is 1.84. The SMILES string of the molecule is O=C(/C=C\O/C=C\C(=O)c1ccccc1)c1ccccc1. The third kappa shape index (κ3) is 4.58. The lowest BCUT2D eigenvalue weighted by Crippen LogP contribution is -1.94. The van der Waals surface area contributed by atoms with Gasteiger partial charge in [0.1, 0.15) is 0 Å². The fraction of sp³-hybridized carbons (Fsp3) is 0.